The Morgan fingerprint density at radius 3 is 2.62 bits per heavy atom. The number of para-hydroxylation sites is 2. The maximum Gasteiger partial charge on any atom is 0.321 e. The third kappa shape index (κ3) is 5.96. The van der Waals surface area contributed by atoms with E-state index in [0.717, 1.165) is 30.1 Å². The second-order valence-corrected chi connectivity index (χ2v) is 7.16. The Labute approximate surface area is 171 Å². The van der Waals surface area contributed by atoms with Gasteiger partial charge in [-0.1, -0.05) is 42.5 Å². The molecule has 1 aliphatic rings. The highest BCUT2D eigenvalue weighted by molar-refractivity contribution is 5.95. The van der Waals surface area contributed by atoms with E-state index in [4.69, 9.17) is 4.74 Å². The number of imide groups is 1. The average molecular weight is 396 g/mol. The summed E-state index contributed by atoms with van der Waals surface area (Å²) >= 11 is 0. The zero-order valence-electron chi connectivity index (χ0n) is 16.9. The third-order valence-corrected chi connectivity index (χ3v) is 4.78. The average Bonchev–Trinajstić information content (AvgIpc) is 2.72. The number of nitrogens with zero attached hydrogens (tertiary/aromatic N) is 2. The molecular formula is C22H28N4O3. The number of rotatable bonds is 7. The Hall–Kier alpha value is -3.06. The quantitative estimate of drug-likeness (QED) is 0.751. The van der Waals surface area contributed by atoms with Crippen molar-refractivity contribution in [3.05, 3.63) is 60.2 Å². The summed E-state index contributed by atoms with van der Waals surface area (Å²) in [5.41, 5.74) is 2.07. The number of carbonyl (C=O) groups is 2. The summed E-state index contributed by atoms with van der Waals surface area (Å²) in [6, 6.07) is 17.0. The molecule has 0 spiro atoms. The Morgan fingerprint density at radius 2 is 1.86 bits per heavy atom. The van der Waals surface area contributed by atoms with Crippen LogP contribution in [0.3, 0.4) is 0 Å². The van der Waals surface area contributed by atoms with Crippen LogP contribution in [0.5, 0.6) is 5.75 Å². The molecule has 3 amide bonds. The number of likely N-dealkylation sites (N-methyl/N-ethyl adjacent to an activating group) is 2. The van der Waals surface area contributed by atoms with Crippen LogP contribution in [-0.4, -0.2) is 56.2 Å². The SMILES string of the molecule is CCN1CC(CN(C)CC(=O)NC(=O)NCc2ccccc2)Oc2ccccc21. The van der Waals surface area contributed by atoms with Gasteiger partial charge in [-0.15, -0.1) is 0 Å². The van der Waals surface area contributed by atoms with E-state index >= 15 is 0 Å². The molecule has 2 aromatic carbocycles. The lowest BCUT2D eigenvalue weighted by atomic mass is 10.2. The predicted molar refractivity (Wildman–Crippen MR) is 113 cm³/mol. The number of carbonyl (C=O) groups excluding carboxylic acids is 2. The Bertz CT molecular complexity index is 828. The standard InChI is InChI=1S/C22H28N4O3/c1-3-26-15-18(29-20-12-8-7-11-19(20)26)14-25(2)16-21(27)24-22(28)23-13-17-9-5-4-6-10-17/h4-12,18H,3,13-16H2,1-2H3,(H2,23,24,27,28). The molecule has 0 saturated heterocycles. The Kier molecular flexibility index (Phi) is 7.08. The van der Waals surface area contributed by atoms with Crippen molar-refractivity contribution in [2.75, 3.05) is 38.1 Å². The molecule has 1 atom stereocenters. The van der Waals surface area contributed by atoms with E-state index < -0.39 is 6.03 Å². The first kappa shape index (κ1) is 20.7. The first-order valence-corrected chi connectivity index (χ1v) is 9.86. The zero-order chi connectivity index (χ0) is 20.6. The van der Waals surface area contributed by atoms with Crippen LogP contribution in [0.4, 0.5) is 10.5 Å². The van der Waals surface area contributed by atoms with E-state index in [0.29, 0.717) is 13.1 Å². The molecule has 7 nitrogen and oxygen atoms in total. The van der Waals surface area contributed by atoms with Crippen molar-refractivity contribution >= 4 is 17.6 Å². The van der Waals surface area contributed by atoms with Gasteiger partial charge in [0.25, 0.3) is 0 Å². The molecule has 3 rings (SSSR count). The fourth-order valence-corrected chi connectivity index (χ4v) is 3.42. The van der Waals surface area contributed by atoms with Crippen LogP contribution in [0.1, 0.15) is 12.5 Å². The Morgan fingerprint density at radius 1 is 1.14 bits per heavy atom. The van der Waals surface area contributed by atoms with Gasteiger partial charge in [0.1, 0.15) is 11.9 Å². The van der Waals surface area contributed by atoms with E-state index in [1.165, 1.54) is 0 Å². The topological polar surface area (TPSA) is 73.9 Å². The molecule has 0 bridgehead atoms. The maximum absolute atomic E-state index is 12.2. The van der Waals surface area contributed by atoms with Gasteiger partial charge in [-0.25, -0.2) is 4.79 Å². The first-order valence-electron chi connectivity index (χ1n) is 9.86. The molecule has 1 unspecified atom stereocenters. The summed E-state index contributed by atoms with van der Waals surface area (Å²) in [4.78, 5) is 28.2. The molecule has 2 aromatic rings. The summed E-state index contributed by atoms with van der Waals surface area (Å²) in [7, 11) is 1.85. The number of benzene rings is 2. The molecule has 29 heavy (non-hydrogen) atoms. The Balaban J connectivity index is 1.43. The van der Waals surface area contributed by atoms with Crippen molar-refractivity contribution in [2.45, 2.75) is 19.6 Å². The summed E-state index contributed by atoms with van der Waals surface area (Å²) in [6.45, 7) is 4.85. The van der Waals surface area contributed by atoms with Crippen LogP contribution < -0.4 is 20.3 Å². The van der Waals surface area contributed by atoms with Crippen LogP contribution in [0.2, 0.25) is 0 Å². The fraction of sp³-hybridized carbons (Fsp3) is 0.364. The van der Waals surface area contributed by atoms with E-state index in [9.17, 15) is 9.59 Å². The zero-order valence-corrected chi connectivity index (χ0v) is 16.9. The minimum atomic E-state index is -0.493. The first-order chi connectivity index (χ1) is 14.0. The van der Waals surface area contributed by atoms with Gasteiger partial charge in [-0.3, -0.25) is 15.0 Å². The van der Waals surface area contributed by atoms with Gasteiger partial charge in [0.05, 0.1) is 18.8 Å². The lowest BCUT2D eigenvalue weighted by Gasteiger charge is -2.37. The number of urea groups is 1. The molecule has 1 heterocycles. The molecule has 7 heteroatoms. The highest BCUT2D eigenvalue weighted by Crippen LogP contribution is 2.32. The summed E-state index contributed by atoms with van der Waals surface area (Å²) in [5.74, 6) is 0.519. The smallest absolute Gasteiger partial charge is 0.321 e. The van der Waals surface area contributed by atoms with Crippen LogP contribution in [-0.2, 0) is 11.3 Å². The molecule has 0 aliphatic carbocycles. The summed E-state index contributed by atoms with van der Waals surface area (Å²) in [6.07, 6.45) is -0.0467. The van der Waals surface area contributed by atoms with Gasteiger partial charge in [-0.2, -0.15) is 0 Å². The van der Waals surface area contributed by atoms with Gasteiger partial charge in [-0.05, 0) is 31.7 Å². The van der Waals surface area contributed by atoms with Crippen LogP contribution >= 0.6 is 0 Å². The number of nitrogens with one attached hydrogen (secondary N) is 2. The second kappa shape index (κ2) is 9.93. The minimum absolute atomic E-state index is 0.0467. The van der Waals surface area contributed by atoms with Crippen LogP contribution in [0, 0.1) is 0 Å². The highest BCUT2D eigenvalue weighted by Gasteiger charge is 2.26. The van der Waals surface area contributed by atoms with Crippen molar-refractivity contribution in [1.82, 2.24) is 15.5 Å². The fourth-order valence-electron chi connectivity index (χ4n) is 3.42. The molecule has 0 saturated carbocycles. The number of hydrogen-bond acceptors (Lipinski definition) is 5. The van der Waals surface area contributed by atoms with Crippen LogP contribution in [0.15, 0.2) is 54.6 Å². The van der Waals surface area contributed by atoms with Crippen molar-refractivity contribution < 1.29 is 14.3 Å². The molecule has 2 N–H and O–H groups in total. The predicted octanol–water partition coefficient (Wildman–Crippen LogP) is 2.23. The summed E-state index contributed by atoms with van der Waals surface area (Å²) in [5, 5.41) is 5.06. The van der Waals surface area contributed by atoms with Gasteiger partial charge >= 0.3 is 6.03 Å². The molecule has 0 radical (unpaired) electrons. The maximum atomic E-state index is 12.2. The van der Waals surface area contributed by atoms with Crippen molar-refractivity contribution in [1.29, 1.82) is 0 Å². The molecule has 0 fully saturated rings. The number of anilines is 1. The number of ether oxygens (including phenoxy) is 1. The molecule has 1 aliphatic heterocycles. The van der Waals surface area contributed by atoms with E-state index in [1.54, 1.807) is 0 Å². The van der Waals surface area contributed by atoms with Crippen molar-refractivity contribution in [2.24, 2.45) is 0 Å². The summed E-state index contributed by atoms with van der Waals surface area (Å²) < 4.78 is 6.09. The third-order valence-electron chi connectivity index (χ3n) is 4.78. The lowest BCUT2D eigenvalue weighted by Crippen LogP contribution is -2.48. The van der Waals surface area contributed by atoms with Gasteiger partial charge in [0, 0.05) is 19.6 Å². The molecule has 0 aromatic heterocycles. The van der Waals surface area contributed by atoms with Crippen molar-refractivity contribution in [3.63, 3.8) is 0 Å². The van der Waals surface area contributed by atoms with E-state index in [-0.39, 0.29) is 18.6 Å². The van der Waals surface area contributed by atoms with Crippen LogP contribution in [0.25, 0.3) is 0 Å². The highest BCUT2D eigenvalue weighted by atomic mass is 16.5. The van der Waals surface area contributed by atoms with Gasteiger partial charge in [0.15, 0.2) is 0 Å². The van der Waals surface area contributed by atoms with Crippen molar-refractivity contribution in [3.8, 4) is 5.75 Å². The van der Waals surface area contributed by atoms with E-state index in [2.05, 4.69) is 28.5 Å². The van der Waals surface area contributed by atoms with E-state index in [1.807, 2.05) is 60.5 Å². The number of fused-ring (bicyclic) bond motifs is 1. The normalized spacial score (nSPS) is 15.4. The number of hydrogen-bond donors (Lipinski definition) is 2. The second-order valence-electron chi connectivity index (χ2n) is 7.16. The molecular weight excluding hydrogens is 368 g/mol. The molecule has 154 valence electrons. The largest absolute Gasteiger partial charge is 0.485 e. The van der Waals surface area contributed by atoms with Gasteiger partial charge < -0.3 is 15.0 Å². The number of amides is 3. The van der Waals surface area contributed by atoms with Gasteiger partial charge in [0.2, 0.25) is 5.91 Å². The minimum Gasteiger partial charge on any atom is -0.485 e. The monoisotopic (exact) mass is 396 g/mol. The lowest BCUT2D eigenvalue weighted by molar-refractivity contribution is -0.121.